The Hall–Kier alpha value is -2.38. The Kier molecular flexibility index (Phi) is 6.13. The fraction of sp³-hybridized carbons (Fsp3) is 0.684. The lowest BCUT2D eigenvalue weighted by Gasteiger charge is -2.35. The van der Waals surface area contributed by atoms with Gasteiger partial charge in [-0.2, -0.15) is 5.10 Å². The quantitative estimate of drug-likeness (QED) is 0.780. The Morgan fingerprint density at radius 1 is 1.11 bits per heavy atom. The monoisotopic (exact) mass is 375 g/mol. The highest BCUT2D eigenvalue weighted by Crippen LogP contribution is 2.28. The van der Waals surface area contributed by atoms with Gasteiger partial charge in [-0.25, -0.2) is 0 Å². The van der Waals surface area contributed by atoms with Crippen LogP contribution in [0, 0.1) is 5.92 Å². The molecule has 2 aliphatic heterocycles. The fourth-order valence-electron chi connectivity index (χ4n) is 4.03. The summed E-state index contributed by atoms with van der Waals surface area (Å²) in [6.45, 7) is 4.50. The molecular weight excluding hydrogens is 346 g/mol. The van der Waals surface area contributed by atoms with Gasteiger partial charge in [0.1, 0.15) is 0 Å². The molecule has 0 bridgehead atoms. The molecule has 0 spiro atoms. The normalized spacial score (nSPS) is 21.2. The summed E-state index contributed by atoms with van der Waals surface area (Å²) in [5.74, 6) is -0.763. The summed E-state index contributed by atoms with van der Waals surface area (Å²) >= 11 is 0. The molecule has 2 aliphatic rings. The van der Waals surface area contributed by atoms with Gasteiger partial charge < -0.3 is 15.1 Å². The van der Waals surface area contributed by atoms with E-state index < -0.39 is 11.8 Å². The lowest BCUT2D eigenvalue weighted by molar-refractivity contribution is -0.154. The number of likely N-dealkylation sites (tertiary alicyclic amines) is 2. The molecule has 8 nitrogen and oxygen atoms in total. The fourth-order valence-corrected chi connectivity index (χ4v) is 4.03. The minimum absolute atomic E-state index is 0.0280. The van der Waals surface area contributed by atoms with Crippen LogP contribution in [0.4, 0.5) is 0 Å². The third-order valence-corrected chi connectivity index (χ3v) is 5.59. The van der Waals surface area contributed by atoms with Crippen LogP contribution in [0.15, 0.2) is 12.4 Å². The Morgan fingerprint density at radius 3 is 2.44 bits per heavy atom. The SMILES string of the molecule is CCNC(=O)C1CCCN(C(=O)C(=O)N2CCC(c3cnn(C)c3)CC2)C1. The highest BCUT2D eigenvalue weighted by molar-refractivity contribution is 6.35. The number of carbonyl (C=O) groups excluding carboxylic acids is 3. The highest BCUT2D eigenvalue weighted by Gasteiger charge is 2.34. The molecular formula is C19H29N5O3. The van der Waals surface area contributed by atoms with E-state index in [4.69, 9.17) is 0 Å². The molecule has 3 rings (SSSR count). The number of aryl methyl sites for hydroxylation is 1. The molecule has 1 aromatic rings. The van der Waals surface area contributed by atoms with Crippen LogP contribution in [-0.2, 0) is 21.4 Å². The number of aromatic nitrogens is 2. The van der Waals surface area contributed by atoms with Gasteiger partial charge in [0.05, 0.1) is 12.1 Å². The molecule has 0 saturated carbocycles. The van der Waals surface area contributed by atoms with Crippen molar-refractivity contribution in [2.45, 2.75) is 38.5 Å². The van der Waals surface area contributed by atoms with E-state index in [1.807, 2.05) is 26.4 Å². The van der Waals surface area contributed by atoms with Gasteiger partial charge in [-0.1, -0.05) is 0 Å². The van der Waals surface area contributed by atoms with Gasteiger partial charge in [0.15, 0.2) is 0 Å². The Balaban J connectivity index is 1.53. The number of carbonyl (C=O) groups is 3. The second kappa shape index (κ2) is 8.54. The average molecular weight is 375 g/mol. The van der Waals surface area contributed by atoms with Crippen molar-refractivity contribution in [1.29, 1.82) is 0 Å². The van der Waals surface area contributed by atoms with Gasteiger partial charge in [-0.15, -0.1) is 0 Å². The second-order valence-corrected chi connectivity index (χ2v) is 7.50. The van der Waals surface area contributed by atoms with Crippen LogP contribution in [0.5, 0.6) is 0 Å². The Bertz CT molecular complexity index is 693. The summed E-state index contributed by atoms with van der Waals surface area (Å²) in [5, 5.41) is 7.02. The zero-order chi connectivity index (χ0) is 19.4. The van der Waals surface area contributed by atoms with Crippen LogP contribution in [0.1, 0.15) is 44.1 Å². The van der Waals surface area contributed by atoms with Gasteiger partial charge in [0, 0.05) is 46.0 Å². The van der Waals surface area contributed by atoms with E-state index in [-0.39, 0.29) is 11.8 Å². The number of piperidine rings is 2. The van der Waals surface area contributed by atoms with Gasteiger partial charge >= 0.3 is 11.8 Å². The molecule has 148 valence electrons. The molecule has 0 aromatic carbocycles. The van der Waals surface area contributed by atoms with E-state index in [1.165, 1.54) is 5.56 Å². The van der Waals surface area contributed by atoms with Crippen molar-refractivity contribution < 1.29 is 14.4 Å². The number of hydrogen-bond donors (Lipinski definition) is 1. The number of amides is 3. The van der Waals surface area contributed by atoms with Crippen molar-refractivity contribution in [2.75, 3.05) is 32.7 Å². The molecule has 1 aromatic heterocycles. The van der Waals surface area contributed by atoms with Gasteiger partial charge in [0.2, 0.25) is 5.91 Å². The van der Waals surface area contributed by atoms with E-state index in [0.717, 1.165) is 25.7 Å². The van der Waals surface area contributed by atoms with Crippen molar-refractivity contribution in [3.8, 4) is 0 Å². The predicted molar refractivity (Wildman–Crippen MR) is 99.8 cm³/mol. The average Bonchev–Trinajstić information content (AvgIpc) is 3.13. The minimum Gasteiger partial charge on any atom is -0.356 e. The van der Waals surface area contributed by atoms with E-state index in [0.29, 0.717) is 38.6 Å². The molecule has 0 radical (unpaired) electrons. The van der Waals surface area contributed by atoms with Crippen molar-refractivity contribution in [3.63, 3.8) is 0 Å². The first-order chi connectivity index (χ1) is 13.0. The number of nitrogens with zero attached hydrogens (tertiary/aromatic N) is 4. The van der Waals surface area contributed by atoms with E-state index in [9.17, 15) is 14.4 Å². The molecule has 3 amide bonds. The standard InChI is InChI=1S/C19H29N5O3/c1-3-20-17(25)15-5-4-8-24(13-15)19(27)18(26)23-9-6-14(7-10-23)16-11-21-22(2)12-16/h11-12,14-15H,3-10,13H2,1-2H3,(H,20,25). The maximum Gasteiger partial charge on any atom is 0.312 e. The topological polar surface area (TPSA) is 87.5 Å². The molecule has 1 atom stereocenters. The van der Waals surface area contributed by atoms with E-state index in [1.54, 1.807) is 14.5 Å². The van der Waals surface area contributed by atoms with Crippen molar-refractivity contribution in [2.24, 2.45) is 13.0 Å². The third kappa shape index (κ3) is 4.48. The minimum atomic E-state index is -0.469. The van der Waals surface area contributed by atoms with Crippen molar-refractivity contribution >= 4 is 17.7 Å². The number of nitrogens with one attached hydrogen (secondary N) is 1. The van der Waals surface area contributed by atoms with Crippen molar-refractivity contribution in [1.82, 2.24) is 24.9 Å². The van der Waals surface area contributed by atoms with Crippen molar-refractivity contribution in [3.05, 3.63) is 18.0 Å². The summed E-state index contributed by atoms with van der Waals surface area (Å²) in [6, 6.07) is 0. The van der Waals surface area contributed by atoms with Crippen LogP contribution in [-0.4, -0.2) is 70.0 Å². The number of hydrogen-bond acceptors (Lipinski definition) is 4. The largest absolute Gasteiger partial charge is 0.356 e. The first kappa shape index (κ1) is 19.4. The lowest BCUT2D eigenvalue weighted by Crippen LogP contribution is -2.52. The Labute approximate surface area is 159 Å². The summed E-state index contributed by atoms with van der Waals surface area (Å²) in [6.07, 6.45) is 7.09. The molecule has 27 heavy (non-hydrogen) atoms. The maximum absolute atomic E-state index is 12.7. The van der Waals surface area contributed by atoms with Gasteiger partial charge in [-0.3, -0.25) is 19.1 Å². The molecule has 1 N–H and O–H groups in total. The summed E-state index contributed by atoms with van der Waals surface area (Å²) in [7, 11) is 1.90. The zero-order valence-electron chi connectivity index (χ0n) is 16.2. The molecule has 2 saturated heterocycles. The van der Waals surface area contributed by atoms with E-state index >= 15 is 0 Å². The smallest absolute Gasteiger partial charge is 0.312 e. The van der Waals surface area contributed by atoms with Gasteiger partial charge in [0.25, 0.3) is 0 Å². The predicted octanol–water partition coefficient (Wildman–Crippen LogP) is 0.501. The first-order valence-electron chi connectivity index (χ1n) is 9.84. The van der Waals surface area contributed by atoms with Crippen LogP contribution in [0.3, 0.4) is 0 Å². The molecule has 1 unspecified atom stereocenters. The summed E-state index contributed by atoms with van der Waals surface area (Å²) in [4.78, 5) is 40.6. The summed E-state index contributed by atoms with van der Waals surface area (Å²) < 4.78 is 1.79. The Morgan fingerprint density at radius 2 is 1.81 bits per heavy atom. The lowest BCUT2D eigenvalue weighted by atomic mass is 9.91. The van der Waals surface area contributed by atoms with Gasteiger partial charge in [-0.05, 0) is 44.1 Å². The first-order valence-corrected chi connectivity index (χ1v) is 9.84. The molecule has 2 fully saturated rings. The zero-order valence-corrected chi connectivity index (χ0v) is 16.2. The maximum atomic E-state index is 12.7. The molecule has 8 heteroatoms. The highest BCUT2D eigenvalue weighted by atomic mass is 16.2. The van der Waals surface area contributed by atoms with Crippen LogP contribution >= 0.6 is 0 Å². The molecule has 3 heterocycles. The number of rotatable bonds is 3. The second-order valence-electron chi connectivity index (χ2n) is 7.50. The molecule has 0 aliphatic carbocycles. The van der Waals surface area contributed by atoms with Crippen LogP contribution < -0.4 is 5.32 Å². The van der Waals surface area contributed by atoms with Crippen LogP contribution in [0.25, 0.3) is 0 Å². The summed E-state index contributed by atoms with van der Waals surface area (Å²) in [5.41, 5.74) is 1.19. The van der Waals surface area contributed by atoms with Crippen LogP contribution in [0.2, 0.25) is 0 Å². The third-order valence-electron chi connectivity index (χ3n) is 5.59. The van der Waals surface area contributed by atoms with E-state index in [2.05, 4.69) is 10.4 Å².